The monoisotopic (exact) mass is 275 g/mol. The van der Waals surface area contributed by atoms with E-state index in [2.05, 4.69) is 36.1 Å². The number of hydrogen-bond donors (Lipinski definition) is 0. The standard InChI is InChI=1S/C17H25NO2/c1-4-20-17(19)13(2)16-10-11-18(12-16)14(3)15-8-6-5-7-9-15/h5-9,13-14,16H,4,10-12H2,1-3H3/t13?,14-,16-/m0/s1. The highest BCUT2D eigenvalue weighted by Crippen LogP contribution is 2.31. The summed E-state index contributed by atoms with van der Waals surface area (Å²) in [5.74, 6) is 0.370. The third kappa shape index (κ3) is 3.40. The van der Waals surface area contributed by atoms with Crippen LogP contribution < -0.4 is 0 Å². The topological polar surface area (TPSA) is 29.5 Å². The van der Waals surface area contributed by atoms with Gasteiger partial charge in [-0.25, -0.2) is 0 Å². The first-order valence-corrected chi connectivity index (χ1v) is 7.59. The van der Waals surface area contributed by atoms with Crippen LogP contribution in [0, 0.1) is 11.8 Å². The summed E-state index contributed by atoms with van der Waals surface area (Å²) < 4.78 is 5.14. The zero-order valence-corrected chi connectivity index (χ0v) is 12.7. The van der Waals surface area contributed by atoms with Gasteiger partial charge in [-0.3, -0.25) is 9.69 Å². The van der Waals surface area contributed by atoms with Crippen molar-refractivity contribution in [2.75, 3.05) is 19.7 Å². The highest BCUT2D eigenvalue weighted by Gasteiger charge is 2.33. The Hall–Kier alpha value is -1.35. The van der Waals surface area contributed by atoms with Gasteiger partial charge in [0.2, 0.25) is 0 Å². The predicted octanol–water partition coefficient (Wildman–Crippen LogP) is 3.27. The van der Waals surface area contributed by atoms with Crippen LogP contribution in [-0.4, -0.2) is 30.6 Å². The normalized spacial score (nSPS) is 22.4. The molecule has 1 saturated heterocycles. The summed E-state index contributed by atoms with van der Waals surface area (Å²) in [6, 6.07) is 11.0. The van der Waals surface area contributed by atoms with Gasteiger partial charge in [-0.15, -0.1) is 0 Å². The van der Waals surface area contributed by atoms with E-state index >= 15 is 0 Å². The molecule has 0 spiro atoms. The number of rotatable bonds is 5. The average molecular weight is 275 g/mol. The van der Waals surface area contributed by atoms with Crippen molar-refractivity contribution in [3.05, 3.63) is 35.9 Å². The zero-order chi connectivity index (χ0) is 14.5. The minimum atomic E-state index is -0.0493. The molecule has 20 heavy (non-hydrogen) atoms. The fraction of sp³-hybridized carbons (Fsp3) is 0.588. The van der Waals surface area contributed by atoms with Crippen LogP contribution in [0.25, 0.3) is 0 Å². The van der Waals surface area contributed by atoms with E-state index < -0.39 is 0 Å². The molecule has 1 aromatic rings. The first-order chi connectivity index (χ1) is 9.63. The number of carbonyl (C=O) groups is 1. The van der Waals surface area contributed by atoms with Gasteiger partial charge < -0.3 is 4.74 Å². The molecule has 3 heteroatoms. The molecular formula is C17H25NO2. The van der Waals surface area contributed by atoms with Gasteiger partial charge in [0, 0.05) is 12.6 Å². The van der Waals surface area contributed by atoms with Crippen molar-refractivity contribution < 1.29 is 9.53 Å². The number of nitrogens with zero attached hydrogens (tertiary/aromatic N) is 1. The molecule has 3 nitrogen and oxygen atoms in total. The maximum absolute atomic E-state index is 11.8. The van der Waals surface area contributed by atoms with Gasteiger partial charge in [0.1, 0.15) is 0 Å². The zero-order valence-electron chi connectivity index (χ0n) is 12.7. The van der Waals surface area contributed by atoms with E-state index in [1.54, 1.807) is 0 Å². The van der Waals surface area contributed by atoms with Gasteiger partial charge in [-0.2, -0.15) is 0 Å². The molecule has 1 heterocycles. The molecule has 3 atom stereocenters. The van der Waals surface area contributed by atoms with Crippen LogP contribution in [0.3, 0.4) is 0 Å². The minimum absolute atomic E-state index is 0.00271. The predicted molar refractivity (Wildman–Crippen MR) is 80.3 cm³/mol. The molecule has 0 bridgehead atoms. The second kappa shape index (κ2) is 6.89. The molecule has 0 N–H and O–H groups in total. The van der Waals surface area contributed by atoms with E-state index in [-0.39, 0.29) is 11.9 Å². The summed E-state index contributed by atoms with van der Waals surface area (Å²) in [5.41, 5.74) is 1.34. The van der Waals surface area contributed by atoms with Crippen molar-refractivity contribution in [1.82, 2.24) is 4.90 Å². The van der Waals surface area contributed by atoms with Crippen molar-refractivity contribution in [2.24, 2.45) is 11.8 Å². The van der Waals surface area contributed by atoms with Crippen LogP contribution in [0.2, 0.25) is 0 Å². The highest BCUT2D eigenvalue weighted by atomic mass is 16.5. The maximum Gasteiger partial charge on any atom is 0.308 e. The van der Waals surface area contributed by atoms with E-state index in [9.17, 15) is 4.79 Å². The maximum atomic E-state index is 11.8. The van der Waals surface area contributed by atoms with Crippen LogP contribution in [0.4, 0.5) is 0 Å². The molecule has 1 aromatic carbocycles. The Morgan fingerprint density at radius 1 is 1.35 bits per heavy atom. The van der Waals surface area contributed by atoms with Gasteiger partial charge >= 0.3 is 5.97 Å². The van der Waals surface area contributed by atoms with Crippen molar-refractivity contribution >= 4 is 5.97 Å². The van der Waals surface area contributed by atoms with Crippen molar-refractivity contribution in [1.29, 1.82) is 0 Å². The Kier molecular flexibility index (Phi) is 5.18. The molecule has 1 aliphatic rings. The lowest BCUT2D eigenvalue weighted by molar-refractivity contribution is -0.149. The summed E-state index contributed by atoms with van der Waals surface area (Å²) in [6.07, 6.45) is 1.08. The molecular weight excluding hydrogens is 250 g/mol. The lowest BCUT2D eigenvalue weighted by atomic mass is 9.93. The molecule has 0 aromatic heterocycles. The van der Waals surface area contributed by atoms with Crippen LogP contribution in [0.5, 0.6) is 0 Å². The molecule has 0 radical (unpaired) electrons. The van der Waals surface area contributed by atoms with Crippen molar-refractivity contribution in [3.8, 4) is 0 Å². The molecule has 1 unspecified atom stereocenters. The summed E-state index contributed by atoms with van der Waals surface area (Å²) in [7, 11) is 0. The summed E-state index contributed by atoms with van der Waals surface area (Å²) in [5, 5.41) is 0. The molecule has 1 aliphatic heterocycles. The van der Waals surface area contributed by atoms with E-state index in [0.717, 1.165) is 19.5 Å². The fourth-order valence-corrected chi connectivity index (χ4v) is 2.98. The van der Waals surface area contributed by atoms with E-state index in [0.29, 0.717) is 18.6 Å². The first-order valence-electron chi connectivity index (χ1n) is 7.59. The molecule has 110 valence electrons. The number of hydrogen-bond acceptors (Lipinski definition) is 3. The van der Waals surface area contributed by atoms with Crippen LogP contribution in [-0.2, 0) is 9.53 Å². The Labute approximate surface area is 121 Å². The lowest BCUT2D eigenvalue weighted by Crippen LogP contribution is -2.28. The number of esters is 1. The van der Waals surface area contributed by atoms with Gasteiger partial charge in [0.05, 0.1) is 12.5 Å². The fourth-order valence-electron chi connectivity index (χ4n) is 2.98. The Balaban J connectivity index is 1.93. The van der Waals surface area contributed by atoms with Gasteiger partial charge in [0.15, 0.2) is 0 Å². The third-order valence-electron chi connectivity index (χ3n) is 4.45. The quantitative estimate of drug-likeness (QED) is 0.772. The summed E-state index contributed by atoms with van der Waals surface area (Å²) >= 11 is 0. The highest BCUT2D eigenvalue weighted by molar-refractivity contribution is 5.72. The number of benzene rings is 1. The summed E-state index contributed by atoms with van der Waals surface area (Å²) in [6.45, 7) is 8.62. The van der Waals surface area contributed by atoms with Gasteiger partial charge in [-0.1, -0.05) is 37.3 Å². The van der Waals surface area contributed by atoms with Crippen LogP contribution in [0.1, 0.15) is 38.8 Å². The number of carbonyl (C=O) groups excluding carboxylic acids is 1. The van der Waals surface area contributed by atoms with E-state index in [4.69, 9.17) is 4.74 Å². The van der Waals surface area contributed by atoms with Crippen LogP contribution in [0.15, 0.2) is 30.3 Å². The SMILES string of the molecule is CCOC(=O)C(C)[C@H]1CCN([C@@H](C)c2ccccc2)C1. The van der Waals surface area contributed by atoms with Crippen molar-refractivity contribution in [2.45, 2.75) is 33.2 Å². The number of ether oxygens (including phenoxy) is 1. The molecule has 0 aliphatic carbocycles. The Morgan fingerprint density at radius 3 is 2.70 bits per heavy atom. The number of likely N-dealkylation sites (tertiary alicyclic amines) is 1. The molecule has 2 rings (SSSR count). The first kappa shape index (κ1) is 15.0. The van der Waals surface area contributed by atoms with Crippen molar-refractivity contribution in [3.63, 3.8) is 0 Å². The van der Waals surface area contributed by atoms with Crippen LogP contribution >= 0.6 is 0 Å². The second-order valence-electron chi connectivity index (χ2n) is 5.67. The van der Waals surface area contributed by atoms with Gasteiger partial charge in [-0.05, 0) is 38.3 Å². The third-order valence-corrected chi connectivity index (χ3v) is 4.45. The van der Waals surface area contributed by atoms with E-state index in [1.165, 1.54) is 5.56 Å². The Morgan fingerprint density at radius 2 is 2.05 bits per heavy atom. The molecule has 0 saturated carbocycles. The smallest absolute Gasteiger partial charge is 0.308 e. The largest absolute Gasteiger partial charge is 0.466 e. The summed E-state index contributed by atoms with van der Waals surface area (Å²) in [4.78, 5) is 14.3. The Bertz CT molecular complexity index is 432. The average Bonchev–Trinajstić information content (AvgIpc) is 2.96. The molecule has 0 amide bonds. The van der Waals surface area contributed by atoms with E-state index in [1.807, 2.05) is 19.9 Å². The van der Waals surface area contributed by atoms with Gasteiger partial charge in [0.25, 0.3) is 0 Å². The lowest BCUT2D eigenvalue weighted by Gasteiger charge is -2.25. The second-order valence-corrected chi connectivity index (χ2v) is 5.67. The molecule has 1 fully saturated rings. The minimum Gasteiger partial charge on any atom is -0.466 e.